The van der Waals surface area contributed by atoms with E-state index in [1.54, 1.807) is 0 Å². The first-order valence-electron chi connectivity index (χ1n) is 16.0. The maximum absolute atomic E-state index is 11.8. The lowest BCUT2D eigenvalue weighted by molar-refractivity contribution is -0.259. The second kappa shape index (κ2) is 27.1. The second-order valence-electron chi connectivity index (χ2n) is 11.4. The second-order valence-corrected chi connectivity index (χ2v) is 11.4. The number of unbranched alkanes of at least 4 members (excludes halogenated alkanes) is 16. The molecule has 0 spiro atoms. The van der Waals surface area contributed by atoms with Crippen LogP contribution in [-0.4, -0.2) is 36.1 Å². The summed E-state index contributed by atoms with van der Waals surface area (Å²) in [5, 5.41) is 0. The summed E-state index contributed by atoms with van der Waals surface area (Å²) < 4.78 is 10.2. The van der Waals surface area contributed by atoms with Crippen LogP contribution in [0.5, 0.6) is 0 Å². The molecule has 0 fully saturated rings. The third-order valence-electron chi connectivity index (χ3n) is 6.49. The van der Waals surface area contributed by atoms with Crippen LogP contribution in [0.15, 0.2) is 0 Å². The van der Waals surface area contributed by atoms with E-state index in [0.29, 0.717) is 12.8 Å². The Morgan fingerprint density at radius 2 is 0.550 bits per heavy atom. The highest BCUT2D eigenvalue weighted by Crippen LogP contribution is 2.14. The zero-order chi connectivity index (χ0) is 29.8. The highest BCUT2D eigenvalue weighted by molar-refractivity contribution is 5.72. The molecule has 0 amide bonds. The van der Waals surface area contributed by atoms with Crippen molar-refractivity contribution in [3.63, 3.8) is 0 Å². The zero-order valence-electron chi connectivity index (χ0n) is 26.0. The van der Waals surface area contributed by atoms with Gasteiger partial charge in [-0.2, -0.15) is 0 Å². The Morgan fingerprint density at radius 1 is 0.350 bits per heavy atom. The number of carbonyl (C=O) groups excluding carboxylic acids is 4. The summed E-state index contributed by atoms with van der Waals surface area (Å²) in [6.07, 6.45) is 20.1. The zero-order valence-corrected chi connectivity index (χ0v) is 26.0. The molecule has 0 N–H and O–H groups in total. The fourth-order valence-corrected chi connectivity index (χ4v) is 4.37. The average Bonchev–Trinajstić information content (AvgIpc) is 2.88. The van der Waals surface area contributed by atoms with E-state index in [4.69, 9.17) is 9.47 Å². The van der Waals surface area contributed by atoms with Crippen LogP contribution >= 0.6 is 0 Å². The smallest absolute Gasteiger partial charge is 0.355 e. The van der Waals surface area contributed by atoms with Gasteiger partial charge in [0.2, 0.25) is 0 Å². The van der Waals surface area contributed by atoms with Gasteiger partial charge in [-0.05, 0) is 53.4 Å². The van der Waals surface area contributed by atoms with E-state index in [9.17, 15) is 19.2 Å². The van der Waals surface area contributed by atoms with Gasteiger partial charge in [-0.3, -0.25) is 9.59 Å². The van der Waals surface area contributed by atoms with Crippen molar-refractivity contribution in [1.29, 1.82) is 0 Å². The van der Waals surface area contributed by atoms with E-state index in [0.717, 1.165) is 116 Å². The summed E-state index contributed by atoms with van der Waals surface area (Å²) >= 11 is 0. The summed E-state index contributed by atoms with van der Waals surface area (Å²) in [6.45, 7) is 7.46. The first-order chi connectivity index (χ1) is 19.2. The van der Waals surface area contributed by atoms with Gasteiger partial charge in [0.15, 0.2) is 0 Å². The molecule has 0 heterocycles. The molecule has 0 atom stereocenters. The number of hydrogen-bond donors (Lipinski definition) is 0. The molecule has 0 aromatic rings. The van der Waals surface area contributed by atoms with E-state index in [1.807, 2.05) is 27.7 Å². The van der Waals surface area contributed by atoms with Gasteiger partial charge in [0.25, 0.3) is 0 Å². The maximum atomic E-state index is 11.8. The van der Waals surface area contributed by atoms with Crippen molar-refractivity contribution in [3.8, 4) is 0 Å². The Hall–Kier alpha value is -2.12. The molecule has 40 heavy (non-hydrogen) atoms. The molecule has 0 aromatic carbocycles. The Kier molecular flexibility index (Phi) is 25.6. The van der Waals surface area contributed by atoms with Gasteiger partial charge in [0, 0.05) is 12.8 Å². The SMILES string of the molecule is CC(C)OC(=O)CCCCCCCCCCCC(=O)OOC(=O)CCCCCCCCCCCC(=O)OC(C)C. The number of rotatable bonds is 26. The standard InChI is InChI=1S/C32H58O8/c1-27(2)37-29(33)23-19-15-11-7-5-9-13-17-21-25-31(35)39-40-32(36)26-22-18-14-10-6-8-12-16-20-24-30(34)38-28(3)4/h27-28H,5-26H2,1-4H3. The van der Waals surface area contributed by atoms with E-state index < -0.39 is 11.9 Å². The van der Waals surface area contributed by atoms with Crippen LogP contribution in [0.25, 0.3) is 0 Å². The molecule has 0 aliphatic carbocycles. The van der Waals surface area contributed by atoms with Crippen molar-refractivity contribution in [3.05, 3.63) is 0 Å². The summed E-state index contributed by atoms with van der Waals surface area (Å²) in [5.74, 6) is -1.18. The minimum atomic E-state index is -0.485. The van der Waals surface area contributed by atoms with Crippen molar-refractivity contribution >= 4 is 23.9 Å². The van der Waals surface area contributed by atoms with E-state index in [2.05, 4.69) is 9.78 Å². The molecular weight excluding hydrogens is 512 g/mol. The molecule has 0 saturated heterocycles. The van der Waals surface area contributed by atoms with Gasteiger partial charge in [-0.1, -0.05) is 89.9 Å². The van der Waals surface area contributed by atoms with Gasteiger partial charge in [0.1, 0.15) is 0 Å². The van der Waals surface area contributed by atoms with Crippen LogP contribution in [0, 0.1) is 0 Å². The van der Waals surface area contributed by atoms with Gasteiger partial charge in [0.05, 0.1) is 25.0 Å². The fraction of sp³-hybridized carbons (Fsp3) is 0.875. The molecular formula is C32H58O8. The Labute approximate surface area is 243 Å². The van der Waals surface area contributed by atoms with Gasteiger partial charge >= 0.3 is 23.9 Å². The first kappa shape index (κ1) is 37.9. The van der Waals surface area contributed by atoms with Crippen LogP contribution in [0.3, 0.4) is 0 Å². The quantitative estimate of drug-likeness (QED) is 0.0441. The lowest BCUT2D eigenvalue weighted by Gasteiger charge is -2.07. The van der Waals surface area contributed by atoms with Gasteiger partial charge in [-0.25, -0.2) is 19.4 Å². The summed E-state index contributed by atoms with van der Waals surface area (Å²) in [7, 11) is 0. The van der Waals surface area contributed by atoms with E-state index in [-0.39, 0.29) is 37.0 Å². The average molecular weight is 571 g/mol. The lowest BCUT2D eigenvalue weighted by atomic mass is 10.1. The Balaban J connectivity index is 3.38. The predicted octanol–water partition coefficient (Wildman–Crippen LogP) is 8.47. The molecule has 0 rings (SSSR count). The van der Waals surface area contributed by atoms with Gasteiger partial charge < -0.3 is 9.47 Å². The number of carbonyl (C=O) groups is 4. The molecule has 0 saturated carbocycles. The highest BCUT2D eigenvalue weighted by Gasteiger charge is 2.10. The predicted molar refractivity (Wildman–Crippen MR) is 156 cm³/mol. The largest absolute Gasteiger partial charge is 0.463 e. The monoisotopic (exact) mass is 570 g/mol. The molecule has 0 unspecified atom stereocenters. The normalized spacial score (nSPS) is 11.1. The molecule has 0 aliphatic heterocycles. The molecule has 0 aromatic heterocycles. The fourth-order valence-electron chi connectivity index (χ4n) is 4.37. The molecule has 234 valence electrons. The van der Waals surface area contributed by atoms with Crippen molar-refractivity contribution < 1.29 is 38.4 Å². The molecule has 0 aliphatic rings. The van der Waals surface area contributed by atoms with Crippen LogP contribution in [0.4, 0.5) is 0 Å². The van der Waals surface area contributed by atoms with Gasteiger partial charge in [-0.15, -0.1) is 0 Å². The highest BCUT2D eigenvalue weighted by atomic mass is 17.2. The summed E-state index contributed by atoms with van der Waals surface area (Å²) in [5.41, 5.74) is 0. The van der Waals surface area contributed by atoms with Crippen molar-refractivity contribution in [2.75, 3.05) is 0 Å². The Morgan fingerprint density at radius 3 is 0.775 bits per heavy atom. The number of ether oxygens (including phenoxy) is 2. The van der Waals surface area contributed by atoms with Crippen LogP contribution < -0.4 is 0 Å². The number of hydrogen-bond acceptors (Lipinski definition) is 8. The van der Waals surface area contributed by atoms with Crippen LogP contribution in [0.2, 0.25) is 0 Å². The molecule has 8 nitrogen and oxygen atoms in total. The summed E-state index contributed by atoms with van der Waals surface area (Å²) in [6, 6.07) is 0. The van der Waals surface area contributed by atoms with E-state index >= 15 is 0 Å². The van der Waals surface area contributed by atoms with Crippen LogP contribution in [0.1, 0.15) is 169 Å². The minimum absolute atomic E-state index is 0.0381. The maximum Gasteiger partial charge on any atom is 0.355 e. The molecule has 8 heteroatoms. The van der Waals surface area contributed by atoms with Crippen molar-refractivity contribution in [1.82, 2.24) is 0 Å². The molecule has 0 bridgehead atoms. The first-order valence-corrected chi connectivity index (χ1v) is 16.0. The summed E-state index contributed by atoms with van der Waals surface area (Å²) in [4.78, 5) is 55.7. The van der Waals surface area contributed by atoms with E-state index in [1.165, 1.54) is 0 Å². The third kappa shape index (κ3) is 28.9. The minimum Gasteiger partial charge on any atom is -0.463 e. The van der Waals surface area contributed by atoms with Crippen molar-refractivity contribution in [2.45, 2.75) is 181 Å². The number of esters is 2. The topological polar surface area (TPSA) is 105 Å². The Bertz CT molecular complexity index is 603. The lowest BCUT2D eigenvalue weighted by Crippen LogP contribution is -2.11. The molecule has 0 radical (unpaired) electrons. The third-order valence-corrected chi connectivity index (χ3v) is 6.49. The van der Waals surface area contributed by atoms with Crippen LogP contribution in [-0.2, 0) is 38.4 Å². The van der Waals surface area contributed by atoms with Crippen molar-refractivity contribution in [2.24, 2.45) is 0 Å².